The largest absolute Gasteiger partial charge is 0.462 e. The van der Waals surface area contributed by atoms with Crippen LogP contribution in [0.15, 0.2) is 0 Å². The van der Waals surface area contributed by atoms with Crippen LogP contribution in [0.3, 0.4) is 0 Å². The van der Waals surface area contributed by atoms with E-state index in [4.69, 9.17) is 9.47 Å². The summed E-state index contributed by atoms with van der Waals surface area (Å²) in [5.41, 5.74) is -1.46. The van der Waals surface area contributed by atoms with Gasteiger partial charge in [-0.05, 0) is 50.0 Å². The lowest BCUT2D eigenvalue weighted by atomic mass is 9.42. The van der Waals surface area contributed by atoms with Crippen molar-refractivity contribution >= 4 is 5.97 Å². The van der Waals surface area contributed by atoms with E-state index in [1.54, 1.807) is 7.11 Å². The molecular formula is C22H33NO5. The number of likely N-dealkylation sites (tertiary alicyclic amines) is 1. The SMILES string of the molecule is CCN1C[C@]2(C)CC[C@H](OC)[C@@]34[C@@H]5C[C@@H]6CC[C@@](O)([C@@H]([C@H](O)[C@H]23)[C@@H]14)[C@H]5C(=O)O6. The maximum Gasteiger partial charge on any atom is 0.312 e. The molecule has 0 aromatic rings. The van der Waals surface area contributed by atoms with Gasteiger partial charge >= 0.3 is 5.97 Å². The van der Waals surface area contributed by atoms with Gasteiger partial charge in [-0.15, -0.1) is 0 Å². The second-order valence-electron chi connectivity index (χ2n) is 10.8. The van der Waals surface area contributed by atoms with Gasteiger partial charge in [0.15, 0.2) is 0 Å². The molecule has 0 aromatic heterocycles. The fraction of sp³-hybridized carbons (Fsp3) is 0.955. The molecule has 156 valence electrons. The highest BCUT2D eigenvalue weighted by Gasteiger charge is 2.84. The van der Waals surface area contributed by atoms with Crippen LogP contribution in [0, 0.1) is 34.5 Å². The third kappa shape index (κ3) is 1.68. The Balaban J connectivity index is 1.66. The third-order valence-electron chi connectivity index (χ3n) is 10.1. The van der Waals surface area contributed by atoms with Gasteiger partial charge in [-0.3, -0.25) is 9.69 Å². The number of hydrogen-bond donors (Lipinski definition) is 2. The number of carbonyl (C=O) groups is 1. The minimum Gasteiger partial charge on any atom is -0.462 e. The van der Waals surface area contributed by atoms with Crippen molar-refractivity contribution in [2.75, 3.05) is 20.2 Å². The number of esters is 1. The predicted octanol–water partition coefficient (Wildman–Crippen LogP) is 1.19. The molecule has 7 aliphatic rings. The van der Waals surface area contributed by atoms with Gasteiger partial charge < -0.3 is 19.7 Å². The first-order valence-electron chi connectivity index (χ1n) is 11.2. The van der Waals surface area contributed by atoms with E-state index in [0.717, 1.165) is 32.4 Å². The smallest absolute Gasteiger partial charge is 0.312 e. The molecule has 1 spiro atoms. The summed E-state index contributed by atoms with van der Waals surface area (Å²) in [4.78, 5) is 15.6. The van der Waals surface area contributed by atoms with Crippen LogP contribution < -0.4 is 0 Å². The summed E-state index contributed by atoms with van der Waals surface area (Å²) in [7, 11) is 1.79. The second-order valence-corrected chi connectivity index (χ2v) is 10.8. The van der Waals surface area contributed by atoms with Gasteiger partial charge in [0.2, 0.25) is 0 Å². The van der Waals surface area contributed by atoms with Crippen molar-refractivity contribution in [3.8, 4) is 0 Å². The molecule has 28 heavy (non-hydrogen) atoms. The molecule has 6 nitrogen and oxygen atoms in total. The molecule has 3 aliphatic heterocycles. The zero-order chi connectivity index (χ0) is 19.6. The number of aliphatic hydroxyl groups is 2. The molecule has 7 fully saturated rings. The summed E-state index contributed by atoms with van der Waals surface area (Å²) in [5, 5.41) is 23.9. The summed E-state index contributed by atoms with van der Waals surface area (Å²) in [6.07, 6.45) is 3.38. The number of fused-ring (bicyclic) bond motifs is 2. The average molecular weight is 392 g/mol. The Morgan fingerprint density at radius 3 is 2.82 bits per heavy atom. The first kappa shape index (κ1) is 18.1. The van der Waals surface area contributed by atoms with E-state index in [1.165, 1.54) is 0 Å². The summed E-state index contributed by atoms with van der Waals surface area (Å²) in [6.45, 7) is 6.38. The van der Waals surface area contributed by atoms with Crippen LogP contribution >= 0.6 is 0 Å². The van der Waals surface area contributed by atoms with E-state index in [9.17, 15) is 15.0 Å². The number of nitrogens with zero attached hydrogens (tertiary/aromatic N) is 1. The topological polar surface area (TPSA) is 79.2 Å². The van der Waals surface area contributed by atoms with Crippen LogP contribution in [0.4, 0.5) is 0 Å². The Morgan fingerprint density at radius 2 is 2.11 bits per heavy atom. The number of rotatable bonds is 2. The monoisotopic (exact) mass is 391 g/mol. The Labute approximate surface area is 166 Å². The highest BCUT2D eigenvalue weighted by molar-refractivity contribution is 5.77. The summed E-state index contributed by atoms with van der Waals surface area (Å²) in [5.74, 6) is -0.969. The molecule has 0 radical (unpaired) electrons. The fourth-order valence-corrected chi connectivity index (χ4v) is 9.64. The molecular weight excluding hydrogens is 358 g/mol. The second kappa shape index (κ2) is 5.32. The van der Waals surface area contributed by atoms with Crippen molar-refractivity contribution in [3.63, 3.8) is 0 Å². The first-order valence-corrected chi connectivity index (χ1v) is 11.2. The lowest BCUT2D eigenvalue weighted by Gasteiger charge is -2.69. The van der Waals surface area contributed by atoms with E-state index < -0.39 is 17.6 Å². The number of aliphatic hydroxyl groups excluding tert-OH is 1. The van der Waals surface area contributed by atoms with Crippen LogP contribution in [0.1, 0.15) is 46.0 Å². The molecule has 11 atom stereocenters. The van der Waals surface area contributed by atoms with Gasteiger partial charge in [-0.25, -0.2) is 0 Å². The predicted molar refractivity (Wildman–Crippen MR) is 100 cm³/mol. The van der Waals surface area contributed by atoms with Gasteiger partial charge in [0, 0.05) is 36.9 Å². The van der Waals surface area contributed by atoms with Crippen LogP contribution in [0.2, 0.25) is 0 Å². The van der Waals surface area contributed by atoms with Crippen molar-refractivity contribution < 1.29 is 24.5 Å². The molecule has 3 heterocycles. The molecule has 0 unspecified atom stereocenters. The Hall–Kier alpha value is -0.690. The number of ether oxygens (including phenoxy) is 2. The highest BCUT2D eigenvalue weighted by atomic mass is 16.5. The maximum absolute atomic E-state index is 13.1. The van der Waals surface area contributed by atoms with Crippen molar-refractivity contribution in [3.05, 3.63) is 0 Å². The van der Waals surface area contributed by atoms with Crippen LogP contribution in [0.25, 0.3) is 0 Å². The van der Waals surface area contributed by atoms with Crippen LogP contribution in [0.5, 0.6) is 0 Å². The molecule has 6 heteroatoms. The lowest BCUT2D eigenvalue weighted by Crippen LogP contribution is -2.76. The van der Waals surface area contributed by atoms with Crippen molar-refractivity contribution in [2.45, 2.75) is 75.9 Å². The molecule has 4 aliphatic carbocycles. The van der Waals surface area contributed by atoms with E-state index >= 15 is 0 Å². The van der Waals surface area contributed by atoms with Gasteiger partial charge in [0.25, 0.3) is 0 Å². The fourth-order valence-electron chi connectivity index (χ4n) is 9.64. The number of carbonyl (C=O) groups excluding carboxylic acids is 1. The average Bonchev–Trinajstić information content (AvgIpc) is 2.73. The number of piperidine rings is 1. The first-order chi connectivity index (χ1) is 13.3. The zero-order valence-corrected chi connectivity index (χ0v) is 17.1. The Bertz CT molecular complexity index is 730. The molecule has 0 aromatic carbocycles. The van der Waals surface area contributed by atoms with Crippen molar-refractivity contribution in [2.24, 2.45) is 34.5 Å². The number of hydrogen-bond acceptors (Lipinski definition) is 6. The van der Waals surface area contributed by atoms with Crippen molar-refractivity contribution in [1.82, 2.24) is 4.90 Å². The van der Waals surface area contributed by atoms with E-state index in [1.807, 2.05) is 0 Å². The van der Waals surface area contributed by atoms with Crippen molar-refractivity contribution in [1.29, 1.82) is 0 Å². The molecule has 2 N–H and O–H groups in total. The minimum absolute atomic E-state index is 0.0123. The molecule has 4 saturated carbocycles. The summed E-state index contributed by atoms with van der Waals surface area (Å²) in [6, 6.07) is 0.0757. The normalized spacial score (nSPS) is 61.8. The third-order valence-corrected chi connectivity index (χ3v) is 10.1. The lowest BCUT2D eigenvalue weighted by molar-refractivity contribution is -0.269. The molecule has 9 bridgehead atoms. The van der Waals surface area contributed by atoms with Gasteiger partial charge in [-0.2, -0.15) is 0 Å². The van der Waals surface area contributed by atoms with Gasteiger partial charge in [-0.1, -0.05) is 13.8 Å². The van der Waals surface area contributed by atoms with Gasteiger partial charge in [0.1, 0.15) is 6.10 Å². The Kier molecular flexibility index (Phi) is 3.44. The molecule has 7 rings (SSSR count). The number of methoxy groups -OCH3 is 1. The quantitative estimate of drug-likeness (QED) is 0.689. The van der Waals surface area contributed by atoms with E-state index in [0.29, 0.717) is 12.8 Å². The highest BCUT2D eigenvalue weighted by Crippen LogP contribution is 2.77. The van der Waals surface area contributed by atoms with Gasteiger partial charge in [0.05, 0.1) is 23.7 Å². The Morgan fingerprint density at radius 1 is 1.32 bits per heavy atom. The van der Waals surface area contributed by atoms with Crippen LogP contribution in [-0.2, 0) is 14.3 Å². The van der Waals surface area contributed by atoms with E-state index in [-0.39, 0.29) is 52.8 Å². The zero-order valence-electron chi connectivity index (χ0n) is 17.1. The summed E-state index contributed by atoms with van der Waals surface area (Å²) >= 11 is 0. The van der Waals surface area contributed by atoms with E-state index in [2.05, 4.69) is 18.7 Å². The summed E-state index contributed by atoms with van der Waals surface area (Å²) < 4.78 is 11.9. The minimum atomic E-state index is -1.17. The molecule has 3 saturated heterocycles. The van der Waals surface area contributed by atoms with Crippen LogP contribution in [-0.4, -0.2) is 71.2 Å². The standard InChI is InChI=1S/C22H33NO5/c1-4-23-10-20(2)7-6-13(27-3)22-12-9-11-5-8-21(26,14(12)19(25)28-11)15(18(22)23)16(24)17(20)22/h11-18,24,26H,4-10H2,1-3H3/t11-,12+,13-,14+,15-,16-,17+,18+,20-,21-,22-/m0/s1. The molecule has 0 amide bonds. The maximum atomic E-state index is 13.1.